The van der Waals surface area contributed by atoms with Crippen molar-refractivity contribution < 1.29 is 4.74 Å². The van der Waals surface area contributed by atoms with Crippen molar-refractivity contribution in [3.8, 4) is 5.75 Å². The minimum absolute atomic E-state index is 0.733. The first-order valence-corrected chi connectivity index (χ1v) is 4.28. The second kappa shape index (κ2) is 9.03. The van der Waals surface area contributed by atoms with E-state index in [1.807, 2.05) is 37.4 Å². The molecule has 0 spiro atoms. The highest BCUT2D eigenvalue weighted by atomic mass is 16.5. The average Bonchev–Trinajstić information content (AvgIpc) is 2.21. The van der Waals surface area contributed by atoms with E-state index in [2.05, 4.69) is 5.32 Å². The molecule has 3 nitrogen and oxygen atoms in total. The van der Waals surface area contributed by atoms with Gasteiger partial charge in [0.05, 0.1) is 7.11 Å². The van der Waals surface area contributed by atoms with Gasteiger partial charge >= 0.3 is 0 Å². The van der Waals surface area contributed by atoms with Gasteiger partial charge in [-0.1, -0.05) is 18.2 Å². The van der Waals surface area contributed by atoms with E-state index in [-0.39, 0.29) is 0 Å². The number of ether oxygens (including phenoxy) is 1. The summed E-state index contributed by atoms with van der Waals surface area (Å²) in [4.78, 5) is 0. The molecule has 0 aromatic heterocycles. The van der Waals surface area contributed by atoms with Crippen LogP contribution in [0.15, 0.2) is 30.3 Å². The predicted octanol–water partition coefficient (Wildman–Crippen LogP) is 0.860. The Balaban J connectivity index is 0.000000252. The molecule has 0 unspecified atom stereocenters. The summed E-state index contributed by atoms with van der Waals surface area (Å²) in [6.45, 7) is 1.65. The number of hydrogen-bond acceptors (Lipinski definition) is 3. The minimum atomic E-state index is 0.733. The third kappa shape index (κ3) is 7.31. The fourth-order valence-electron chi connectivity index (χ4n) is 0.701. The number of para-hydroxylation sites is 1. The fourth-order valence-corrected chi connectivity index (χ4v) is 0.701. The molecule has 0 aliphatic carbocycles. The lowest BCUT2D eigenvalue weighted by Crippen LogP contribution is -2.17. The van der Waals surface area contributed by atoms with Gasteiger partial charge in [0, 0.05) is 13.1 Å². The zero-order valence-corrected chi connectivity index (χ0v) is 8.29. The summed E-state index contributed by atoms with van der Waals surface area (Å²) >= 11 is 0. The lowest BCUT2D eigenvalue weighted by molar-refractivity contribution is 0.415. The summed E-state index contributed by atoms with van der Waals surface area (Å²) < 4.78 is 4.91. The summed E-state index contributed by atoms with van der Waals surface area (Å²) in [5.41, 5.74) is 5.08. The van der Waals surface area contributed by atoms with Gasteiger partial charge in [0.15, 0.2) is 0 Å². The van der Waals surface area contributed by atoms with E-state index in [0.29, 0.717) is 0 Å². The van der Waals surface area contributed by atoms with Crippen LogP contribution >= 0.6 is 0 Å². The van der Waals surface area contributed by atoms with Crippen LogP contribution in [0.25, 0.3) is 0 Å². The van der Waals surface area contributed by atoms with Crippen LogP contribution in [0.3, 0.4) is 0 Å². The monoisotopic (exact) mass is 182 g/mol. The second-order valence-electron chi connectivity index (χ2n) is 2.41. The van der Waals surface area contributed by atoms with Crippen LogP contribution in [0.1, 0.15) is 0 Å². The van der Waals surface area contributed by atoms with Crippen LogP contribution in [0.5, 0.6) is 5.75 Å². The number of methoxy groups -OCH3 is 1. The maximum atomic E-state index is 5.08. The summed E-state index contributed by atoms with van der Waals surface area (Å²) in [5.74, 6) is 0.910. The molecule has 1 rings (SSSR count). The lowest BCUT2D eigenvalue weighted by atomic mass is 10.3. The standard InChI is InChI=1S/C7H8O.C3H10N2/c1-8-7-5-3-2-4-6-7;1-5-3-2-4/h2-6H,1H3;5H,2-4H2,1H3. The molecule has 3 heteroatoms. The van der Waals surface area contributed by atoms with Gasteiger partial charge in [-0.3, -0.25) is 0 Å². The summed E-state index contributed by atoms with van der Waals surface area (Å²) in [6, 6.07) is 9.68. The number of benzene rings is 1. The van der Waals surface area contributed by atoms with Gasteiger partial charge in [-0.2, -0.15) is 0 Å². The van der Waals surface area contributed by atoms with Gasteiger partial charge in [0.25, 0.3) is 0 Å². The number of nitrogens with one attached hydrogen (secondary N) is 1. The van der Waals surface area contributed by atoms with E-state index in [1.54, 1.807) is 7.11 Å². The first-order chi connectivity index (χ1) is 6.35. The summed E-state index contributed by atoms with van der Waals surface area (Å²) in [7, 11) is 3.54. The van der Waals surface area contributed by atoms with Crippen molar-refractivity contribution in [1.82, 2.24) is 5.32 Å². The molecule has 0 saturated carbocycles. The number of rotatable bonds is 3. The maximum absolute atomic E-state index is 5.08. The quantitative estimate of drug-likeness (QED) is 0.729. The molecule has 1 aromatic carbocycles. The van der Waals surface area contributed by atoms with Crippen molar-refractivity contribution in [1.29, 1.82) is 0 Å². The van der Waals surface area contributed by atoms with Crippen molar-refractivity contribution in [2.24, 2.45) is 5.73 Å². The van der Waals surface area contributed by atoms with Crippen molar-refractivity contribution in [2.45, 2.75) is 0 Å². The van der Waals surface area contributed by atoms with Crippen molar-refractivity contribution in [2.75, 3.05) is 27.2 Å². The second-order valence-corrected chi connectivity index (χ2v) is 2.41. The van der Waals surface area contributed by atoms with Crippen LogP contribution in [0.4, 0.5) is 0 Å². The smallest absolute Gasteiger partial charge is 0.118 e. The highest BCUT2D eigenvalue weighted by Gasteiger charge is 1.80. The Kier molecular flexibility index (Phi) is 8.30. The van der Waals surface area contributed by atoms with Crippen LogP contribution < -0.4 is 15.8 Å². The average molecular weight is 182 g/mol. The minimum Gasteiger partial charge on any atom is -0.497 e. The largest absolute Gasteiger partial charge is 0.497 e. The Bertz CT molecular complexity index is 187. The van der Waals surface area contributed by atoms with E-state index < -0.39 is 0 Å². The zero-order chi connectivity index (χ0) is 9.94. The van der Waals surface area contributed by atoms with Gasteiger partial charge in [-0.15, -0.1) is 0 Å². The Hall–Kier alpha value is -1.06. The molecule has 0 heterocycles. The van der Waals surface area contributed by atoms with Crippen molar-refractivity contribution in [3.63, 3.8) is 0 Å². The predicted molar refractivity (Wildman–Crippen MR) is 56.0 cm³/mol. The van der Waals surface area contributed by atoms with E-state index in [1.165, 1.54) is 0 Å². The molecule has 3 N–H and O–H groups in total. The van der Waals surface area contributed by atoms with E-state index in [0.717, 1.165) is 18.8 Å². The van der Waals surface area contributed by atoms with Gasteiger partial charge in [-0.05, 0) is 19.2 Å². The fraction of sp³-hybridized carbons (Fsp3) is 0.400. The topological polar surface area (TPSA) is 47.3 Å². The zero-order valence-electron chi connectivity index (χ0n) is 8.29. The molecule has 13 heavy (non-hydrogen) atoms. The normalized spacial score (nSPS) is 8.54. The third-order valence-electron chi connectivity index (χ3n) is 1.37. The Morgan fingerprint density at radius 3 is 2.15 bits per heavy atom. The SMILES string of the molecule is CNCCN.COc1ccccc1. The molecule has 0 atom stereocenters. The molecular weight excluding hydrogens is 164 g/mol. The molecule has 0 radical (unpaired) electrons. The lowest BCUT2D eigenvalue weighted by Gasteiger charge is -1.93. The third-order valence-corrected chi connectivity index (χ3v) is 1.37. The van der Waals surface area contributed by atoms with Crippen molar-refractivity contribution >= 4 is 0 Å². The molecule has 0 aliphatic heterocycles. The Labute approximate surface area is 79.9 Å². The van der Waals surface area contributed by atoms with Crippen LogP contribution in [-0.4, -0.2) is 27.2 Å². The molecule has 0 amide bonds. The Morgan fingerprint density at radius 2 is 1.92 bits per heavy atom. The van der Waals surface area contributed by atoms with Crippen LogP contribution in [0.2, 0.25) is 0 Å². The van der Waals surface area contributed by atoms with E-state index in [4.69, 9.17) is 10.5 Å². The maximum Gasteiger partial charge on any atom is 0.118 e. The molecule has 0 aliphatic rings. The molecule has 1 aromatic rings. The highest BCUT2D eigenvalue weighted by Crippen LogP contribution is 2.05. The first kappa shape index (κ1) is 11.9. The number of likely N-dealkylation sites (N-methyl/N-ethyl adjacent to an activating group) is 1. The van der Waals surface area contributed by atoms with Crippen molar-refractivity contribution in [3.05, 3.63) is 30.3 Å². The van der Waals surface area contributed by atoms with Crippen LogP contribution in [-0.2, 0) is 0 Å². The summed E-state index contributed by atoms with van der Waals surface area (Å²) in [6.07, 6.45) is 0. The Morgan fingerprint density at radius 1 is 1.31 bits per heavy atom. The first-order valence-electron chi connectivity index (χ1n) is 4.28. The van der Waals surface area contributed by atoms with Gasteiger partial charge in [0.1, 0.15) is 5.75 Å². The molecule has 0 fully saturated rings. The van der Waals surface area contributed by atoms with Gasteiger partial charge in [-0.25, -0.2) is 0 Å². The molecule has 0 saturated heterocycles. The van der Waals surface area contributed by atoms with Gasteiger partial charge in [0.2, 0.25) is 0 Å². The molecule has 74 valence electrons. The molecular formula is C10H18N2O. The van der Waals surface area contributed by atoms with E-state index in [9.17, 15) is 0 Å². The number of nitrogens with two attached hydrogens (primary N) is 1. The molecule has 0 bridgehead atoms. The number of hydrogen-bond donors (Lipinski definition) is 2. The highest BCUT2D eigenvalue weighted by molar-refractivity contribution is 5.20. The van der Waals surface area contributed by atoms with E-state index >= 15 is 0 Å². The summed E-state index contributed by atoms with van der Waals surface area (Å²) in [5, 5.41) is 2.89. The van der Waals surface area contributed by atoms with Gasteiger partial charge < -0.3 is 15.8 Å². The van der Waals surface area contributed by atoms with Crippen LogP contribution in [0, 0.1) is 0 Å².